The van der Waals surface area contributed by atoms with Gasteiger partial charge in [0.2, 0.25) is 0 Å². The molecule has 0 radical (unpaired) electrons. The normalized spacial score (nSPS) is 19.2. The number of nitrogens with zero attached hydrogens (tertiary/aromatic N) is 4. The van der Waals surface area contributed by atoms with Gasteiger partial charge in [0.1, 0.15) is 0 Å². The summed E-state index contributed by atoms with van der Waals surface area (Å²) in [6.07, 6.45) is -0.838. The fourth-order valence-electron chi connectivity index (χ4n) is 3.04. The number of hydrogen-bond donors (Lipinski definition) is 2. The summed E-state index contributed by atoms with van der Waals surface area (Å²) in [5.74, 6) is 6.62. The van der Waals surface area contributed by atoms with Gasteiger partial charge < -0.3 is 5.73 Å². The van der Waals surface area contributed by atoms with E-state index in [-0.39, 0.29) is 12.0 Å². The van der Waals surface area contributed by atoms with Crippen molar-refractivity contribution in [3.05, 3.63) is 66.0 Å². The Bertz CT molecular complexity index is 863. The van der Waals surface area contributed by atoms with Gasteiger partial charge in [0.15, 0.2) is 12.0 Å². The van der Waals surface area contributed by atoms with E-state index in [9.17, 15) is 4.39 Å². The van der Waals surface area contributed by atoms with Crippen LogP contribution in [-0.4, -0.2) is 14.8 Å². The van der Waals surface area contributed by atoms with Crippen LogP contribution in [0.25, 0.3) is 0 Å². The van der Waals surface area contributed by atoms with E-state index < -0.39 is 6.17 Å². The number of aromatic nitrogens is 3. The highest BCUT2D eigenvalue weighted by Gasteiger charge is 2.36. The van der Waals surface area contributed by atoms with Crippen molar-refractivity contribution >= 4 is 17.3 Å². The first-order valence-corrected chi connectivity index (χ1v) is 7.70. The first kappa shape index (κ1) is 14.6. The van der Waals surface area contributed by atoms with E-state index in [1.54, 1.807) is 16.8 Å². The molecular formula is C17H17FN6. The number of fused-ring (bicyclic) bond motifs is 1. The van der Waals surface area contributed by atoms with Crippen molar-refractivity contribution < 1.29 is 4.39 Å². The minimum Gasteiger partial charge on any atom is -0.397 e. The molecular weight excluding hydrogens is 307 g/mol. The van der Waals surface area contributed by atoms with Crippen LogP contribution in [0.3, 0.4) is 0 Å². The fourth-order valence-corrected chi connectivity index (χ4v) is 3.04. The lowest BCUT2D eigenvalue weighted by atomic mass is 10.0. The summed E-state index contributed by atoms with van der Waals surface area (Å²) in [6.45, 7) is 0. The first-order chi connectivity index (χ1) is 11.6. The number of halogens is 1. The van der Waals surface area contributed by atoms with E-state index in [0.717, 1.165) is 5.56 Å². The van der Waals surface area contributed by atoms with Crippen molar-refractivity contribution in [1.29, 1.82) is 0 Å². The summed E-state index contributed by atoms with van der Waals surface area (Å²) in [7, 11) is 0. The molecule has 2 aromatic carbocycles. The largest absolute Gasteiger partial charge is 0.397 e. The first-order valence-electron chi connectivity index (χ1n) is 7.70. The van der Waals surface area contributed by atoms with Crippen LogP contribution in [0, 0.1) is 0 Å². The SMILES string of the molecule is Nc1ccccc1N(N)c1nc2n(n1)C(c1ccccc1)CC2F. The predicted molar refractivity (Wildman–Crippen MR) is 90.2 cm³/mol. The quantitative estimate of drug-likeness (QED) is 0.439. The molecule has 4 N–H and O–H groups in total. The molecule has 0 aliphatic carbocycles. The second-order valence-electron chi connectivity index (χ2n) is 5.77. The maximum atomic E-state index is 14.4. The molecule has 1 aromatic heterocycles. The number of nitrogens with two attached hydrogens (primary N) is 2. The van der Waals surface area contributed by atoms with Gasteiger partial charge in [0.05, 0.1) is 17.4 Å². The minimum absolute atomic E-state index is 0.182. The van der Waals surface area contributed by atoms with E-state index in [1.165, 1.54) is 5.01 Å². The number of rotatable bonds is 3. The highest BCUT2D eigenvalue weighted by molar-refractivity contribution is 5.71. The molecule has 1 aliphatic rings. The van der Waals surface area contributed by atoms with Gasteiger partial charge in [-0.2, -0.15) is 4.98 Å². The average molecular weight is 324 g/mol. The lowest BCUT2D eigenvalue weighted by Crippen LogP contribution is -2.27. The molecule has 2 heterocycles. The van der Waals surface area contributed by atoms with Gasteiger partial charge in [0.25, 0.3) is 5.95 Å². The number of alkyl halides is 1. The van der Waals surface area contributed by atoms with Crippen LogP contribution in [0.4, 0.5) is 21.7 Å². The Morgan fingerprint density at radius 2 is 1.79 bits per heavy atom. The zero-order chi connectivity index (χ0) is 16.7. The Labute approximate surface area is 138 Å². The van der Waals surface area contributed by atoms with Gasteiger partial charge in [-0.25, -0.2) is 19.9 Å². The zero-order valence-corrected chi connectivity index (χ0v) is 12.9. The molecule has 3 aromatic rings. The Kier molecular flexibility index (Phi) is 3.42. The fraction of sp³-hybridized carbons (Fsp3) is 0.176. The van der Waals surface area contributed by atoms with Crippen molar-refractivity contribution in [2.75, 3.05) is 10.7 Å². The van der Waals surface area contributed by atoms with Gasteiger partial charge in [-0.05, 0) is 17.7 Å². The van der Waals surface area contributed by atoms with Crippen molar-refractivity contribution in [3.63, 3.8) is 0 Å². The maximum Gasteiger partial charge on any atom is 0.264 e. The zero-order valence-electron chi connectivity index (χ0n) is 12.9. The lowest BCUT2D eigenvalue weighted by molar-refractivity contribution is 0.328. The van der Waals surface area contributed by atoms with Gasteiger partial charge >= 0.3 is 0 Å². The molecule has 122 valence electrons. The molecule has 0 amide bonds. The highest BCUT2D eigenvalue weighted by Crippen LogP contribution is 2.40. The van der Waals surface area contributed by atoms with E-state index in [1.807, 2.05) is 42.5 Å². The molecule has 4 rings (SSSR count). The third-order valence-corrected chi connectivity index (χ3v) is 4.25. The smallest absolute Gasteiger partial charge is 0.264 e. The molecule has 2 atom stereocenters. The molecule has 0 saturated heterocycles. The third kappa shape index (κ3) is 2.30. The van der Waals surface area contributed by atoms with Crippen LogP contribution in [0.5, 0.6) is 0 Å². The predicted octanol–water partition coefficient (Wildman–Crippen LogP) is 2.88. The number of nitrogen functional groups attached to an aromatic ring is 1. The van der Waals surface area contributed by atoms with Crippen LogP contribution in [0.1, 0.15) is 30.0 Å². The van der Waals surface area contributed by atoms with Crippen molar-refractivity contribution in [2.24, 2.45) is 5.84 Å². The maximum absolute atomic E-state index is 14.4. The van der Waals surface area contributed by atoms with E-state index >= 15 is 0 Å². The van der Waals surface area contributed by atoms with E-state index in [0.29, 0.717) is 23.6 Å². The van der Waals surface area contributed by atoms with Gasteiger partial charge in [-0.15, -0.1) is 5.10 Å². The molecule has 1 aliphatic heterocycles. The molecule has 0 fully saturated rings. The summed E-state index contributed by atoms with van der Waals surface area (Å²) in [5, 5.41) is 5.71. The van der Waals surface area contributed by atoms with Crippen LogP contribution in [0.15, 0.2) is 54.6 Å². The molecule has 6 nitrogen and oxygen atoms in total. The number of anilines is 3. The van der Waals surface area contributed by atoms with E-state index in [2.05, 4.69) is 10.1 Å². The Morgan fingerprint density at radius 1 is 1.08 bits per heavy atom. The summed E-state index contributed by atoms with van der Waals surface area (Å²) < 4.78 is 16.0. The van der Waals surface area contributed by atoms with Crippen molar-refractivity contribution in [3.8, 4) is 0 Å². The standard InChI is InChI=1S/C17H17FN6/c18-12-10-15(11-6-2-1-3-7-11)24-16(12)21-17(22-24)23(20)14-9-5-4-8-13(14)19/h1-9,12,15H,10,19-20H2. The van der Waals surface area contributed by atoms with Crippen LogP contribution in [-0.2, 0) is 0 Å². The summed E-state index contributed by atoms with van der Waals surface area (Å²) in [6, 6.07) is 16.7. The molecule has 2 unspecified atom stereocenters. The van der Waals surface area contributed by atoms with Crippen LogP contribution >= 0.6 is 0 Å². The number of benzene rings is 2. The lowest BCUT2D eigenvalue weighted by Gasteiger charge is -2.17. The summed E-state index contributed by atoms with van der Waals surface area (Å²) in [5.41, 5.74) is 8.02. The number of hydrazine groups is 1. The second-order valence-corrected chi connectivity index (χ2v) is 5.77. The summed E-state index contributed by atoms with van der Waals surface area (Å²) >= 11 is 0. The monoisotopic (exact) mass is 324 g/mol. The van der Waals surface area contributed by atoms with Crippen molar-refractivity contribution in [2.45, 2.75) is 18.6 Å². The van der Waals surface area contributed by atoms with Gasteiger partial charge in [0, 0.05) is 6.42 Å². The molecule has 0 spiro atoms. The Morgan fingerprint density at radius 3 is 2.54 bits per heavy atom. The topological polar surface area (TPSA) is 86.0 Å². The van der Waals surface area contributed by atoms with Crippen molar-refractivity contribution in [1.82, 2.24) is 14.8 Å². The number of para-hydroxylation sites is 2. The molecule has 0 saturated carbocycles. The van der Waals surface area contributed by atoms with Crippen LogP contribution in [0.2, 0.25) is 0 Å². The van der Waals surface area contributed by atoms with Gasteiger partial charge in [-0.1, -0.05) is 42.5 Å². The minimum atomic E-state index is -1.17. The highest BCUT2D eigenvalue weighted by atomic mass is 19.1. The molecule has 0 bridgehead atoms. The third-order valence-electron chi connectivity index (χ3n) is 4.25. The average Bonchev–Trinajstić information content (AvgIpc) is 3.16. The van der Waals surface area contributed by atoms with Crippen LogP contribution < -0.4 is 16.6 Å². The molecule has 7 heteroatoms. The Balaban J connectivity index is 1.72. The van der Waals surface area contributed by atoms with E-state index in [4.69, 9.17) is 11.6 Å². The molecule has 24 heavy (non-hydrogen) atoms. The number of hydrogen-bond acceptors (Lipinski definition) is 5. The second kappa shape index (κ2) is 5.61. The van der Waals surface area contributed by atoms with Gasteiger partial charge in [-0.3, -0.25) is 0 Å². The summed E-state index contributed by atoms with van der Waals surface area (Å²) in [4.78, 5) is 4.29. The Hall–Kier alpha value is -2.93.